The average molecular weight is 262 g/mol. The number of thiophene rings is 1. The second-order valence-electron chi connectivity index (χ2n) is 3.49. The van der Waals surface area contributed by atoms with Crippen LogP contribution in [0.15, 0.2) is 11.4 Å². The molecular formula is C10H12ClNO3S. The molecule has 0 aliphatic heterocycles. The van der Waals surface area contributed by atoms with Crippen molar-refractivity contribution >= 4 is 34.8 Å². The lowest BCUT2D eigenvalue weighted by Gasteiger charge is -2.22. The molecule has 0 radical (unpaired) electrons. The first kappa shape index (κ1) is 13.0. The number of carboxylic acids is 1. The van der Waals surface area contributed by atoms with E-state index in [4.69, 9.17) is 16.7 Å². The van der Waals surface area contributed by atoms with Crippen molar-refractivity contribution in [2.45, 2.75) is 19.4 Å². The molecule has 0 bridgehead atoms. The summed E-state index contributed by atoms with van der Waals surface area (Å²) >= 11 is 6.97. The third kappa shape index (κ3) is 3.21. The lowest BCUT2D eigenvalue weighted by Crippen LogP contribution is -2.36. The summed E-state index contributed by atoms with van der Waals surface area (Å²) in [6.45, 7) is 1.70. The summed E-state index contributed by atoms with van der Waals surface area (Å²) in [5.41, 5.74) is 0. The van der Waals surface area contributed by atoms with Crippen molar-refractivity contribution in [2.24, 2.45) is 0 Å². The van der Waals surface area contributed by atoms with E-state index in [9.17, 15) is 9.59 Å². The fourth-order valence-corrected chi connectivity index (χ4v) is 2.24. The molecule has 0 spiro atoms. The van der Waals surface area contributed by atoms with Gasteiger partial charge in [0.1, 0.15) is 0 Å². The second kappa shape index (κ2) is 5.32. The first-order valence-corrected chi connectivity index (χ1v) is 5.90. The zero-order valence-electron chi connectivity index (χ0n) is 8.94. The minimum Gasteiger partial charge on any atom is -0.481 e. The Morgan fingerprint density at radius 1 is 1.62 bits per heavy atom. The Labute approximate surface area is 102 Å². The van der Waals surface area contributed by atoms with E-state index in [1.54, 1.807) is 25.4 Å². The molecule has 4 nitrogen and oxygen atoms in total. The molecule has 0 aromatic carbocycles. The standard InChI is InChI=1S/C10H12ClNO3S/c1-6(3-9(13)14)12(2)10(15)8-4-7(11)5-16-8/h4-6H,3H2,1-2H3,(H,13,14). The van der Waals surface area contributed by atoms with E-state index in [2.05, 4.69) is 0 Å². The zero-order chi connectivity index (χ0) is 12.3. The van der Waals surface area contributed by atoms with Crippen molar-refractivity contribution in [2.75, 3.05) is 7.05 Å². The smallest absolute Gasteiger partial charge is 0.305 e. The quantitative estimate of drug-likeness (QED) is 0.905. The summed E-state index contributed by atoms with van der Waals surface area (Å²) in [6.07, 6.45) is -0.0681. The molecule has 1 N–H and O–H groups in total. The van der Waals surface area contributed by atoms with Gasteiger partial charge in [-0.3, -0.25) is 9.59 Å². The van der Waals surface area contributed by atoms with Gasteiger partial charge in [-0.05, 0) is 13.0 Å². The van der Waals surface area contributed by atoms with Gasteiger partial charge in [-0.15, -0.1) is 11.3 Å². The first-order chi connectivity index (χ1) is 7.41. The number of carbonyl (C=O) groups excluding carboxylic acids is 1. The lowest BCUT2D eigenvalue weighted by molar-refractivity contribution is -0.137. The third-order valence-electron chi connectivity index (χ3n) is 2.23. The highest BCUT2D eigenvalue weighted by Crippen LogP contribution is 2.21. The van der Waals surface area contributed by atoms with Crippen LogP contribution in [0.4, 0.5) is 0 Å². The summed E-state index contributed by atoms with van der Waals surface area (Å²) < 4.78 is 0. The molecule has 16 heavy (non-hydrogen) atoms. The Hall–Kier alpha value is -1.07. The van der Waals surface area contributed by atoms with Gasteiger partial charge >= 0.3 is 5.97 Å². The number of carboxylic acid groups (broad SMARTS) is 1. The summed E-state index contributed by atoms with van der Waals surface area (Å²) in [6, 6.07) is 1.24. The highest BCUT2D eigenvalue weighted by atomic mass is 35.5. The van der Waals surface area contributed by atoms with Crippen LogP contribution >= 0.6 is 22.9 Å². The molecular weight excluding hydrogens is 250 g/mol. The molecule has 1 heterocycles. The van der Waals surface area contributed by atoms with Gasteiger partial charge < -0.3 is 10.0 Å². The Morgan fingerprint density at radius 2 is 2.25 bits per heavy atom. The van der Waals surface area contributed by atoms with Crippen LogP contribution in [0.1, 0.15) is 23.0 Å². The lowest BCUT2D eigenvalue weighted by atomic mass is 10.2. The highest BCUT2D eigenvalue weighted by Gasteiger charge is 2.20. The molecule has 0 aliphatic carbocycles. The fraction of sp³-hybridized carbons (Fsp3) is 0.400. The normalized spacial score (nSPS) is 12.2. The monoisotopic (exact) mass is 261 g/mol. The zero-order valence-corrected chi connectivity index (χ0v) is 10.5. The van der Waals surface area contributed by atoms with Crippen molar-refractivity contribution in [1.29, 1.82) is 0 Å². The number of halogens is 1. The topological polar surface area (TPSA) is 57.6 Å². The van der Waals surface area contributed by atoms with Gasteiger partial charge in [0.15, 0.2) is 0 Å². The molecule has 1 rings (SSSR count). The van der Waals surface area contributed by atoms with Crippen molar-refractivity contribution in [3.05, 3.63) is 21.3 Å². The molecule has 0 aliphatic rings. The predicted molar refractivity (Wildman–Crippen MR) is 63.1 cm³/mol. The maximum Gasteiger partial charge on any atom is 0.305 e. The van der Waals surface area contributed by atoms with Crippen LogP contribution < -0.4 is 0 Å². The minimum absolute atomic E-state index is 0.0681. The Morgan fingerprint density at radius 3 is 2.69 bits per heavy atom. The van der Waals surface area contributed by atoms with Crippen molar-refractivity contribution in [3.8, 4) is 0 Å². The first-order valence-electron chi connectivity index (χ1n) is 4.64. The summed E-state index contributed by atoms with van der Waals surface area (Å²) in [5.74, 6) is -1.12. The van der Waals surface area contributed by atoms with Crippen LogP contribution in [0.5, 0.6) is 0 Å². The summed E-state index contributed by atoms with van der Waals surface area (Å²) in [5, 5.41) is 10.8. The van der Waals surface area contributed by atoms with Gasteiger partial charge in [0, 0.05) is 18.5 Å². The minimum atomic E-state index is -0.920. The number of rotatable bonds is 4. The molecule has 1 aromatic heterocycles. The SMILES string of the molecule is CC(CC(=O)O)N(C)C(=O)c1cc(Cl)cs1. The van der Waals surface area contributed by atoms with Gasteiger partial charge in [0.25, 0.3) is 5.91 Å². The van der Waals surface area contributed by atoms with Gasteiger partial charge in [0.05, 0.1) is 16.3 Å². The Kier molecular flexibility index (Phi) is 4.32. The van der Waals surface area contributed by atoms with Crippen LogP contribution in [0.25, 0.3) is 0 Å². The number of hydrogen-bond donors (Lipinski definition) is 1. The van der Waals surface area contributed by atoms with E-state index in [0.717, 1.165) is 0 Å². The molecule has 1 atom stereocenters. The third-order valence-corrected chi connectivity index (χ3v) is 3.50. The van der Waals surface area contributed by atoms with Gasteiger partial charge in [-0.25, -0.2) is 0 Å². The molecule has 6 heteroatoms. The van der Waals surface area contributed by atoms with E-state index in [-0.39, 0.29) is 18.4 Å². The molecule has 0 saturated heterocycles. The van der Waals surface area contributed by atoms with E-state index in [0.29, 0.717) is 9.90 Å². The number of amides is 1. The largest absolute Gasteiger partial charge is 0.481 e. The van der Waals surface area contributed by atoms with Crippen LogP contribution in [0.3, 0.4) is 0 Å². The number of hydrogen-bond acceptors (Lipinski definition) is 3. The molecule has 1 aromatic rings. The summed E-state index contributed by atoms with van der Waals surface area (Å²) in [4.78, 5) is 24.3. The van der Waals surface area contributed by atoms with Crippen LogP contribution in [0, 0.1) is 0 Å². The Balaban J connectivity index is 2.70. The second-order valence-corrected chi connectivity index (χ2v) is 4.84. The number of nitrogens with zero attached hydrogens (tertiary/aromatic N) is 1. The summed E-state index contributed by atoms with van der Waals surface area (Å²) in [7, 11) is 1.59. The number of aliphatic carboxylic acids is 1. The Bertz CT molecular complexity index is 405. The fourth-order valence-electron chi connectivity index (χ4n) is 1.19. The van der Waals surface area contributed by atoms with Crippen molar-refractivity contribution in [1.82, 2.24) is 4.90 Å². The van der Waals surface area contributed by atoms with Crippen molar-refractivity contribution in [3.63, 3.8) is 0 Å². The van der Waals surface area contributed by atoms with E-state index < -0.39 is 5.97 Å². The maximum atomic E-state index is 11.9. The molecule has 0 fully saturated rings. The van der Waals surface area contributed by atoms with Gasteiger partial charge in [0.2, 0.25) is 0 Å². The van der Waals surface area contributed by atoms with E-state index in [1.165, 1.54) is 16.2 Å². The van der Waals surface area contributed by atoms with Crippen LogP contribution in [-0.4, -0.2) is 35.0 Å². The van der Waals surface area contributed by atoms with Crippen molar-refractivity contribution < 1.29 is 14.7 Å². The molecule has 1 unspecified atom stereocenters. The van der Waals surface area contributed by atoms with Gasteiger partial charge in [-0.1, -0.05) is 11.6 Å². The van der Waals surface area contributed by atoms with Gasteiger partial charge in [-0.2, -0.15) is 0 Å². The molecule has 1 amide bonds. The molecule has 0 saturated carbocycles. The number of carbonyl (C=O) groups is 2. The van der Waals surface area contributed by atoms with E-state index >= 15 is 0 Å². The van der Waals surface area contributed by atoms with Crippen LogP contribution in [0.2, 0.25) is 5.02 Å². The average Bonchev–Trinajstić information content (AvgIpc) is 2.61. The predicted octanol–water partition coefficient (Wildman–Crippen LogP) is 2.34. The highest BCUT2D eigenvalue weighted by molar-refractivity contribution is 7.12. The molecule has 88 valence electrons. The maximum absolute atomic E-state index is 11.9. The van der Waals surface area contributed by atoms with E-state index in [1.807, 2.05) is 0 Å². The van der Waals surface area contributed by atoms with Crippen LogP contribution in [-0.2, 0) is 4.79 Å².